The molecule has 1 aliphatic carbocycles. The van der Waals surface area contributed by atoms with Crippen molar-refractivity contribution in [3.05, 3.63) is 35.4 Å². The summed E-state index contributed by atoms with van der Waals surface area (Å²) in [6.45, 7) is 1.93. The molecule has 2 atom stereocenters. The molecule has 0 saturated heterocycles. The largest absolute Gasteiger partial charge is 0.396 e. The molecule has 0 bridgehead atoms. The van der Waals surface area contributed by atoms with E-state index >= 15 is 0 Å². The van der Waals surface area contributed by atoms with Gasteiger partial charge in [0, 0.05) is 17.0 Å². The first-order chi connectivity index (χ1) is 9.46. The second-order valence-corrected chi connectivity index (χ2v) is 5.71. The van der Waals surface area contributed by atoms with Gasteiger partial charge in [0.25, 0.3) is 0 Å². The highest BCUT2D eigenvalue weighted by molar-refractivity contribution is 5.79. The van der Waals surface area contributed by atoms with Gasteiger partial charge < -0.3 is 10.4 Å². The molecule has 5 heteroatoms. The number of rotatable bonds is 4. The van der Waals surface area contributed by atoms with Crippen LogP contribution in [0.1, 0.15) is 31.7 Å². The van der Waals surface area contributed by atoms with Crippen molar-refractivity contribution in [2.24, 2.45) is 5.41 Å². The van der Waals surface area contributed by atoms with Crippen LogP contribution in [0.15, 0.2) is 18.2 Å². The standard InChI is InChI=1S/C15H19F2NO2/c1-15(9-19)7-3-6-12(15)18-13(20)8-10-4-2-5-11(16)14(10)17/h2,4-5,12,19H,3,6-9H2,1H3,(H,18,20). The minimum absolute atomic E-state index is 0.00622. The number of aliphatic hydroxyl groups excluding tert-OH is 1. The van der Waals surface area contributed by atoms with Gasteiger partial charge in [0.05, 0.1) is 13.0 Å². The fourth-order valence-electron chi connectivity index (χ4n) is 2.77. The summed E-state index contributed by atoms with van der Waals surface area (Å²) in [5.74, 6) is -2.27. The van der Waals surface area contributed by atoms with Gasteiger partial charge in [-0.15, -0.1) is 0 Å². The highest BCUT2D eigenvalue weighted by atomic mass is 19.2. The molecule has 0 radical (unpaired) electrons. The second-order valence-electron chi connectivity index (χ2n) is 5.71. The van der Waals surface area contributed by atoms with Gasteiger partial charge in [0.1, 0.15) is 0 Å². The van der Waals surface area contributed by atoms with E-state index in [1.807, 2.05) is 6.92 Å². The maximum Gasteiger partial charge on any atom is 0.224 e. The van der Waals surface area contributed by atoms with Crippen LogP contribution in [0.3, 0.4) is 0 Å². The van der Waals surface area contributed by atoms with Crippen molar-refractivity contribution in [3.8, 4) is 0 Å². The summed E-state index contributed by atoms with van der Waals surface area (Å²) in [7, 11) is 0. The van der Waals surface area contributed by atoms with Crippen molar-refractivity contribution in [3.63, 3.8) is 0 Å². The molecule has 2 N–H and O–H groups in total. The molecule has 1 saturated carbocycles. The third-order valence-electron chi connectivity index (χ3n) is 4.16. The zero-order valence-corrected chi connectivity index (χ0v) is 11.5. The number of aliphatic hydroxyl groups is 1. The number of benzene rings is 1. The van der Waals surface area contributed by atoms with Crippen LogP contribution < -0.4 is 5.32 Å². The maximum absolute atomic E-state index is 13.5. The molecule has 1 aromatic carbocycles. The molecule has 1 aromatic rings. The molecule has 2 rings (SSSR count). The highest BCUT2D eigenvalue weighted by Crippen LogP contribution is 2.37. The number of carbonyl (C=O) groups excluding carboxylic acids is 1. The first-order valence-electron chi connectivity index (χ1n) is 6.79. The Morgan fingerprint density at radius 3 is 2.95 bits per heavy atom. The van der Waals surface area contributed by atoms with Crippen LogP contribution in [-0.2, 0) is 11.2 Å². The zero-order chi connectivity index (χ0) is 14.8. The van der Waals surface area contributed by atoms with Gasteiger partial charge in [-0.05, 0) is 18.9 Å². The van der Waals surface area contributed by atoms with E-state index < -0.39 is 11.6 Å². The Hall–Kier alpha value is -1.49. The second kappa shape index (κ2) is 5.87. The fourth-order valence-corrected chi connectivity index (χ4v) is 2.77. The van der Waals surface area contributed by atoms with Gasteiger partial charge in [-0.25, -0.2) is 8.78 Å². The quantitative estimate of drug-likeness (QED) is 0.889. The van der Waals surface area contributed by atoms with Crippen LogP contribution in [0.25, 0.3) is 0 Å². The SMILES string of the molecule is CC1(CO)CCCC1NC(=O)Cc1cccc(F)c1F. The molecule has 3 nitrogen and oxygen atoms in total. The first-order valence-corrected chi connectivity index (χ1v) is 6.79. The molecule has 0 heterocycles. The number of hydrogen-bond acceptors (Lipinski definition) is 2. The zero-order valence-electron chi connectivity index (χ0n) is 11.5. The topological polar surface area (TPSA) is 49.3 Å². The molecule has 0 spiro atoms. The van der Waals surface area contributed by atoms with Crippen molar-refractivity contribution < 1.29 is 18.7 Å². The number of amides is 1. The Labute approximate surface area is 117 Å². The number of carbonyl (C=O) groups is 1. The van der Waals surface area contributed by atoms with E-state index in [4.69, 9.17) is 0 Å². The van der Waals surface area contributed by atoms with Crippen molar-refractivity contribution >= 4 is 5.91 Å². The van der Waals surface area contributed by atoms with Gasteiger partial charge in [-0.2, -0.15) is 0 Å². The Kier molecular flexibility index (Phi) is 4.38. The summed E-state index contributed by atoms with van der Waals surface area (Å²) < 4.78 is 26.6. The smallest absolute Gasteiger partial charge is 0.224 e. The van der Waals surface area contributed by atoms with Crippen LogP contribution in [-0.4, -0.2) is 23.7 Å². The van der Waals surface area contributed by atoms with Crippen LogP contribution in [0.2, 0.25) is 0 Å². The Morgan fingerprint density at radius 2 is 2.25 bits per heavy atom. The van der Waals surface area contributed by atoms with E-state index in [0.29, 0.717) is 0 Å². The summed E-state index contributed by atoms with van der Waals surface area (Å²) >= 11 is 0. The third kappa shape index (κ3) is 2.98. The van der Waals surface area contributed by atoms with Gasteiger partial charge in [-0.3, -0.25) is 4.79 Å². The summed E-state index contributed by atoms with van der Waals surface area (Å²) in [5, 5.41) is 12.2. The summed E-state index contributed by atoms with van der Waals surface area (Å²) in [6, 6.07) is 3.69. The van der Waals surface area contributed by atoms with Crippen LogP contribution in [0.4, 0.5) is 8.78 Å². The van der Waals surface area contributed by atoms with Crippen molar-refractivity contribution in [1.82, 2.24) is 5.32 Å². The lowest BCUT2D eigenvalue weighted by Crippen LogP contribution is -2.45. The van der Waals surface area contributed by atoms with Gasteiger partial charge in [0.15, 0.2) is 11.6 Å². The molecule has 2 unspecified atom stereocenters. The predicted molar refractivity (Wildman–Crippen MR) is 71.0 cm³/mol. The summed E-state index contributed by atoms with van der Waals surface area (Å²) in [4.78, 5) is 12.0. The van der Waals surface area contributed by atoms with Crippen molar-refractivity contribution in [2.45, 2.75) is 38.6 Å². The fraction of sp³-hybridized carbons (Fsp3) is 0.533. The summed E-state index contributed by atoms with van der Waals surface area (Å²) in [5.41, 5.74) is -0.276. The highest BCUT2D eigenvalue weighted by Gasteiger charge is 2.39. The van der Waals surface area contributed by atoms with Gasteiger partial charge >= 0.3 is 0 Å². The van der Waals surface area contributed by atoms with E-state index in [9.17, 15) is 18.7 Å². The lowest BCUT2D eigenvalue weighted by molar-refractivity contribution is -0.122. The Morgan fingerprint density at radius 1 is 1.50 bits per heavy atom. The first kappa shape index (κ1) is 14.9. The molecule has 20 heavy (non-hydrogen) atoms. The minimum Gasteiger partial charge on any atom is -0.396 e. The average molecular weight is 283 g/mol. The Bertz CT molecular complexity index is 507. The molecule has 1 aliphatic rings. The molecular weight excluding hydrogens is 264 g/mol. The number of hydrogen-bond donors (Lipinski definition) is 2. The van der Waals surface area contributed by atoms with Crippen LogP contribution in [0.5, 0.6) is 0 Å². The molecule has 110 valence electrons. The van der Waals surface area contributed by atoms with E-state index in [1.54, 1.807) is 0 Å². The summed E-state index contributed by atoms with van der Waals surface area (Å²) in [6.07, 6.45) is 2.40. The average Bonchev–Trinajstić information content (AvgIpc) is 2.77. The maximum atomic E-state index is 13.5. The van der Waals surface area contributed by atoms with Gasteiger partial charge in [0.2, 0.25) is 5.91 Å². The molecule has 0 aliphatic heterocycles. The number of nitrogens with one attached hydrogen (secondary N) is 1. The van der Waals surface area contributed by atoms with Crippen LogP contribution in [0, 0.1) is 17.0 Å². The molecule has 1 fully saturated rings. The normalized spacial score (nSPS) is 25.7. The van der Waals surface area contributed by atoms with E-state index in [2.05, 4.69) is 5.32 Å². The van der Waals surface area contributed by atoms with Crippen LogP contribution >= 0.6 is 0 Å². The van der Waals surface area contributed by atoms with E-state index in [0.717, 1.165) is 25.3 Å². The van der Waals surface area contributed by atoms with E-state index in [1.165, 1.54) is 12.1 Å². The molecule has 1 amide bonds. The third-order valence-corrected chi connectivity index (χ3v) is 4.16. The molecular formula is C15H19F2NO2. The predicted octanol–water partition coefficient (Wildman–Crippen LogP) is 2.17. The van der Waals surface area contributed by atoms with Gasteiger partial charge in [-0.1, -0.05) is 25.5 Å². The molecule has 0 aromatic heterocycles. The van der Waals surface area contributed by atoms with E-state index in [-0.39, 0.29) is 36.0 Å². The number of halogens is 2. The lowest BCUT2D eigenvalue weighted by atomic mass is 9.85. The lowest BCUT2D eigenvalue weighted by Gasteiger charge is -2.30. The minimum atomic E-state index is -0.973. The Balaban J connectivity index is 2.01. The monoisotopic (exact) mass is 283 g/mol. The van der Waals surface area contributed by atoms with Crippen molar-refractivity contribution in [1.29, 1.82) is 0 Å². The van der Waals surface area contributed by atoms with Crippen molar-refractivity contribution in [2.75, 3.05) is 6.61 Å².